The number of carbonyl (C=O) groups excluding carboxylic acids is 1. The van der Waals surface area contributed by atoms with E-state index in [4.69, 9.17) is 6.42 Å². The average molecular weight is 358 g/mol. The number of benzene rings is 1. The monoisotopic (exact) mass is 358 g/mol. The summed E-state index contributed by atoms with van der Waals surface area (Å²) in [5.74, 6) is 1.77. The number of rotatable bonds is 3. The number of alkyl halides is 3. The van der Waals surface area contributed by atoms with E-state index in [9.17, 15) is 18.0 Å². The van der Waals surface area contributed by atoms with Crippen LogP contribution in [0, 0.1) is 12.3 Å². The number of aryl methyl sites for hydroxylation is 1. The van der Waals surface area contributed by atoms with E-state index in [0.717, 1.165) is 6.07 Å². The Kier molecular flexibility index (Phi) is 4.38. The highest BCUT2D eigenvalue weighted by molar-refractivity contribution is 6.06. The van der Waals surface area contributed by atoms with Gasteiger partial charge in [0.15, 0.2) is 5.65 Å². The van der Waals surface area contributed by atoms with E-state index in [1.807, 2.05) is 0 Å². The molecular weight excluding hydrogens is 345 g/mol. The van der Waals surface area contributed by atoms with Crippen LogP contribution in [-0.2, 0) is 13.2 Å². The van der Waals surface area contributed by atoms with Crippen LogP contribution in [0.15, 0.2) is 36.5 Å². The normalized spacial score (nSPS) is 11.3. The lowest BCUT2D eigenvalue weighted by Gasteiger charge is -2.13. The van der Waals surface area contributed by atoms with Gasteiger partial charge in [0.1, 0.15) is 0 Å². The molecule has 2 aromatic heterocycles. The lowest BCUT2D eigenvalue weighted by atomic mass is 10.0. The van der Waals surface area contributed by atoms with Crippen LogP contribution in [-0.4, -0.2) is 27.2 Å². The Bertz CT molecular complexity index is 1030. The van der Waals surface area contributed by atoms with E-state index in [1.54, 1.807) is 7.05 Å². The molecule has 0 aliphatic rings. The van der Waals surface area contributed by atoms with Gasteiger partial charge in [0.25, 0.3) is 5.91 Å². The van der Waals surface area contributed by atoms with Crippen molar-refractivity contribution in [2.45, 2.75) is 6.18 Å². The summed E-state index contributed by atoms with van der Waals surface area (Å²) < 4.78 is 41.4. The maximum atomic E-state index is 13.3. The van der Waals surface area contributed by atoms with Crippen molar-refractivity contribution in [3.8, 4) is 23.6 Å². The minimum atomic E-state index is -4.55. The molecule has 3 aromatic rings. The zero-order valence-electron chi connectivity index (χ0n) is 13.6. The minimum Gasteiger partial charge on any atom is -0.341 e. The predicted octanol–water partition coefficient (Wildman–Crippen LogP) is 3.02. The van der Waals surface area contributed by atoms with Gasteiger partial charge < -0.3 is 5.32 Å². The summed E-state index contributed by atoms with van der Waals surface area (Å²) in [6.45, 7) is -0.00260. The number of hydrogen-bond donors (Lipinski definition) is 1. The van der Waals surface area contributed by atoms with Gasteiger partial charge in [-0.3, -0.25) is 9.48 Å². The highest BCUT2D eigenvalue weighted by Crippen LogP contribution is 2.37. The number of amides is 1. The highest BCUT2D eigenvalue weighted by atomic mass is 19.4. The molecule has 0 aliphatic heterocycles. The van der Waals surface area contributed by atoms with Gasteiger partial charge in [0.2, 0.25) is 0 Å². The SMILES string of the molecule is C#CCNC(=O)c1cc(-c2ccccc2C(F)(F)F)nc2c1cnn2C. The lowest BCUT2D eigenvalue weighted by Crippen LogP contribution is -2.24. The Morgan fingerprint density at radius 2 is 2.08 bits per heavy atom. The Morgan fingerprint density at radius 3 is 2.77 bits per heavy atom. The highest BCUT2D eigenvalue weighted by Gasteiger charge is 2.34. The third kappa shape index (κ3) is 3.11. The average Bonchev–Trinajstić information content (AvgIpc) is 2.99. The van der Waals surface area contributed by atoms with Crippen LogP contribution in [0.25, 0.3) is 22.3 Å². The molecule has 0 fully saturated rings. The van der Waals surface area contributed by atoms with Crippen molar-refractivity contribution < 1.29 is 18.0 Å². The van der Waals surface area contributed by atoms with Crippen molar-refractivity contribution >= 4 is 16.9 Å². The standard InChI is InChI=1S/C18H13F3N4O/c1-3-8-22-17(26)12-9-15(24-16-13(12)10-23-25(16)2)11-6-4-5-7-14(11)18(19,20)21/h1,4-7,9-10H,8H2,2H3,(H,22,26). The molecule has 1 aromatic carbocycles. The van der Waals surface area contributed by atoms with Crippen LogP contribution < -0.4 is 5.32 Å². The number of nitrogens with zero attached hydrogens (tertiary/aromatic N) is 3. The molecule has 3 rings (SSSR count). The fourth-order valence-electron chi connectivity index (χ4n) is 2.62. The molecule has 1 amide bonds. The van der Waals surface area contributed by atoms with E-state index in [1.165, 1.54) is 35.1 Å². The van der Waals surface area contributed by atoms with Crippen molar-refractivity contribution in [2.75, 3.05) is 6.54 Å². The number of halogens is 3. The van der Waals surface area contributed by atoms with E-state index < -0.39 is 17.6 Å². The number of terminal acetylenes is 1. The second kappa shape index (κ2) is 6.52. The first-order valence-electron chi connectivity index (χ1n) is 7.54. The van der Waals surface area contributed by atoms with Crippen LogP contribution in [0.3, 0.4) is 0 Å². The number of aromatic nitrogens is 3. The first kappa shape index (κ1) is 17.5. The number of hydrogen-bond acceptors (Lipinski definition) is 3. The molecule has 0 spiro atoms. The summed E-state index contributed by atoms with van der Waals surface area (Å²) >= 11 is 0. The Morgan fingerprint density at radius 1 is 1.35 bits per heavy atom. The van der Waals surface area contributed by atoms with Crippen LogP contribution in [0.4, 0.5) is 13.2 Å². The van der Waals surface area contributed by atoms with Crippen LogP contribution >= 0.6 is 0 Å². The molecule has 0 saturated carbocycles. The van der Waals surface area contributed by atoms with E-state index in [0.29, 0.717) is 11.0 Å². The number of nitrogens with one attached hydrogen (secondary N) is 1. The molecule has 0 atom stereocenters. The molecule has 0 unspecified atom stereocenters. The Hall–Kier alpha value is -3.34. The molecule has 132 valence electrons. The van der Waals surface area contributed by atoms with Gasteiger partial charge in [-0.25, -0.2) is 4.98 Å². The summed E-state index contributed by atoms with van der Waals surface area (Å²) in [5.41, 5.74) is -0.464. The summed E-state index contributed by atoms with van der Waals surface area (Å²) in [6.07, 6.45) is 2.03. The van der Waals surface area contributed by atoms with Crippen molar-refractivity contribution in [1.29, 1.82) is 0 Å². The first-order chi connectivity index (χ1) is 12.3. The summed E-state index contributed by atoms with van der Waals surface area (Å²) in [7, 11) is 1.60. The Labute approximate surface area is 146 Å². The minimum absolute atomic E-state index is 0.00260. The van der Waals surface area contributed by atoms with Gasteiger partial charge in [-0.1, -0.05) is 24.1 Å². The van der Waals surface area contributed by atoms with E-state index in [2.05, 4.69) is 21.3 Å². The van der Waals surface area contributed by atoms with Gasteiger partial charge in [0.05, 0.1) is 34.9 Å². The van der Waals surface area contributed by atoms with Crippen molar-refractivity contribution in [2.24, 2.45) is 7.05 Å². The largest absolute Gasteiger partial charge is 0.417 e. The molecule has 0 bridgehead atoms. The molecule has 5 nitrogen and oxygen atoms in total. The second-order valence-electron chi connectivity index (χ2n) is 5.49. The molecule has 0 radical (unpaired) electrons. The molecule has 0 saturated heterocycles. The van der Waals surface area contributed by atoms with Crippen LogP contribution in [0.5, 0.6) is 0 Å². The molecule has 1 N–H and O–H groups in total. The Balaban J connectivity index is 2.25. The molecule has 8 heteroatoms. The van der Waals surface area contributed by atoms with Gasteiger partial charge in [0, 0.05) is 12.6 Å². The number of carbonyl (C=O) groups is 1. The van der Waals surface area contributed by atoms with E-state index >= 15 is 0 Å². The smallest absolute Gasteiger partial charge is 0.341 e. The molecule has 0 aliphatic carbocycles. The molecule has 2 heterocycles. The second-order valence-corrected chi connectivity index (χ2v) is 5.49. The molecular formula is C18H13F3N4O. The summed E-state index contributed by atoms with van der Waals surface area (Å²) in [5, 5.41) is 6.97. The fourth-order valence-corrected chi connectivity index (χ4v) is 2.62. The van der Waals surface area contributed by atoms with Crippen molar-refractivity contribution in [3.05, 3.63) is 47.7 Å². The fraction of sp³-hybridized carbons (Fsp3) is 0.167. The van der Waals surface area contributed by atoms with Gasteiger partial charge in [-0.15, -0.1) is 6.42 Å². The van der Waals surface area contributed by atoms with Gasteiger partial charge in [-0.2, -0.15) is 18.3 Å². The zero-order chi connectivity index (χ0) is 18.9. The van der Waals surface area contributed by atoms with Crippen LogP contribution in [0.1, 0.15) is 15.9 Å². The van der Waals surface area contributed by atoms with Crippen molar-refractivity contribution in [3.63, 3.8) is 0 Å². The van der Waals surface area contributed by atoms with Gasteiger partial charge >= 0.3 is 6.18 Å². The number of fused-ring (bicyclic) bond motifs is 1. The van der Waals surface area contributed by atoms with Crippen molar-refractivity contribution in [1.82, 2.24) is 20.1 Å². The quantitative estimate of drug-likeness (QED) is 0.732. The third-order valence-corrected chi connectivity index (χ3v) is 3.81. The topological polar surface area (TPSA) is 59.8 Å². The summed E-state index contributed by atoms with van der Waals surface area (Å²) in [4.78, 5) is 16.7. The maximum absolute atomic E-state index is 13.3. The first-order valence-corrected chi connectivity index (χ1v) is 7.54. The predicted molar refractivity (Wildman–Crippen MR) is 90.1 cm³/mol. The zero-order valence-corrected chi connectivity index (χ0v) is 13.6. The lowest BCUT2D eigenvalue weighted by molar-refractivity contribution is -0.137. The van der Waals surface area contributed by atoms with E-state index in [-0.39, 0.29) is 23.4 Å². The molecule has 26 heavy (non-hydrogen) atoms. The van der Waals surface area contributed by atoms with Gasteiger partial charge in [-0.05, 0) is 12.1 Å². The van der Waals surface area contributed by atoms with Crippen LogP contribution in [0.2, 0.25) is 0 Å². The maximum Gasteiger partial charge on any atom is 0.417 e. The number of pyridine rings is 1. The summed E-state index contributed by atoms with van der Waals surface area (Å²) in [6, 6.07) is 6.40. The third-order valence-electron chi connectivity index (χ3n) is 3.81.